The van der Waals surface area contributed by atoms with Gasteiger partial charge in [-0.3, -0.25) is 4.57 Å². The van der Waals surface area contributed by atoms with E-state index in [1.54, 1.807) is 17.8 Å². The van der Waals surface area contributed by atoms with E-state index in [0.29, 0.717) is 11.3 Å². The smallest absolute Gasteiger partial charge is 0.336 e. The number of hydrogen-bond donors (Lipinski definition) is 0. The molecule has 0 N–H and O–H groups in total. The van der Waals surface area contributed by atoms with Crippen LogP contribution in [0.25, 0.3) is 16.7 Å². The molecule has 136 valence electrons. The lowest BCUT2D eigenvalue weighted by molar-refractivity contribution is 0.559. The second-order valence-electron chi connectivity index (χ2n) is 6.22. The van der Waals surface area contributed by atoms with Crippen molar-refractivity contribution >= 4 is 38.7 Å². The number of fused-ring (bicyclic) bond motifs is 1. The molecular formula is C20H16BrN3O2S. The average molecular weight is 442 g/mol. The molecule has 27 heavy (non-hydrogen) atoms. The maximum atomic E-state index is 11.9. The summed E-state index contributed by atoms with van der Waals surface area (Å²) in [5.41, 5.74) is 3.35. The first-order chi connectivity index (χ1) is 13.0. The fourth-order valence-corrected chi connectivity index (χ4v) is 4.22. The van der Waals surface area contributed by atoms with E-state index in [1.807, 2.05) is 29.7 Å². The van der Waals surface area contributed by atoms with Crippen LogP contribution >= 0.6 is 27.7 Å². The molecule has 0 saturated heterocycles. The van der Waals surface area contributed by atoms with Crippen molar-refractivity contribution in [2.75, 3.05) is 0 Å². The van der Waals surface area contributed by atoms with Crippen LogP contribution in [0, 0.1) is 13.8 Å². The standard InChI is InChI=1S/C20H16BrN3O2S/c1-12-3-6-16(7-4-12)24-13(2)22-23-20(24)27-11-14-9-19(25)26-18-10-15(21)5-8-17(14)18/h3-10H,11H2,1-2H3. The number of benzene rings is 2. The molecule has 0 aliphatic rings. The predicted octanol–water partition coefficient (Wildman–Crippen LogP) is 5.05. The normalized spacial score (nSPS) is 11.2. The Morgan fingerprint density at radius 2 is 1.85 bits per heavy atom. The Hall–Kier alpha value is -2.38. The van der Waals surface area contributed by atoms with Gasteiger partial charge in [0.2, 0.25) is 0 Å². The number of halogens is 1. The van der Waals surface area contributed by atoms with Gasteiger partial charge in [-0.2, -0.15) is 0 Å². The van der Waals surface area contributed by atoms with E-state index in [2.05, 4.69) is 57.3 Å². The molecule has 0 spiro atoms. The molecular weight excluding hydrogens is 426 g/mol. The van der Waals surface area contributed by atoms with Gasteiger partial charge in [-0.1, -0.05) is 45.4 Å². The van der Waals surface area contributed by atoms with Gasteiger partial charge >= 0.3 is 5.63 Å². The molecule has 2 heterocycles. The summed E-state index contributed by atoms with van der Waals surface area (Å²) in [7, 11) is 0. The second kappa shape index (κ2) is 7.32. The van der Waals surface area contributed by atoms with Crippen molar-refractivity contribution in [3.05, 3.63) is 80.4 Å². The summed E-state index contributed by atoms with van der Waals surface area (Å²) in [5, 5.41) is 10.2. The van der Waals surface area contributed by atoms with Gasteiger partial charge in [0.05, 0.1) is 0 Å². The minimum absolute atomic E-state index is 0.354. The Labute approximate surface area is 168 Å². The third kappa shape index (κ3) is 3.70. The van der Waals surface area contributed by atoms with Gasteiger partial charge in [0, 0.05) is 27.4 Å². The number of aromatic nitrogens is 3. The maximum absolute atomic E-state index is 11.9. The molecule has 2 aromatic carbocycles. The predicted molar refractivity (Wildman–Crippen MR) is 111 cm³/mol. The minimum Gasteiger partial charge on any atom is -0.423 e. The zero-order valence-electron chi connectivity index (χ0n) is 14.8. The summed E-state index contributed by atoms with van der Waals surface area (Å²) in [6.07, 6.45) is 0. The Balaban J connectivity index is 1.68. The molecule has 4 aromatic rings. The maximum Gasteiger partial charge on any atom is 0.336 e. The van der Waals surface area contributed by atoms with Crippen LogP contribution in [0.4, 0.5) is 0 Å². The summed E-state index contributed by atoms with van der Waals surface area (Å²) < 4.78 is 8.21. The molecule has 4 rings (SSSR count). The van der Waals surface area contributed by atoms with Crippen molar-refractivity contribution in [3.63, 3.8) is 0 Å². The van der Waals surface area contributed by atoms with Gasteiger partial charge < -0.3 is 4.42 Å². The zero-order chi connectivity index (χ0) is 19.0. The van der Waals surface area contributed by atoms with Crippen LogP contribution in [0.1, 0.15) is 17.0 Å². The molecule has 7 heteroatoms. The highest BCUT2D eigenvalue weighted by atomic mass is 79.9. The Morgan fingerprint density at radius 1 is 1.07 bits per heavy atom. The molecule has 0 amide bonds. The molecule has 0 unspecified atom stereocenters. The first-order valence-corrected chi connectivity index (χ1v) is 10.1. The first kappa shape index (κ1) is 18.0. The first-order valence-electron chi connectivity index (χ1n) is 8.35. The average Bonchev–Trinajstić information content (AvgIpc) is 3.00. The third-order valence-electron chi connectivity index (χ3n) is 4.24. The number of hydrogen-bond acceptors (Lipinski definition) is 5. The van der Waals surface area contributed by atoms with E-state index in [-0.39, 0.29) is 5.63 Å². The van der Waals surface area contributed by atoms with Crippen molar-refractivity contribution in [1.82, 2.24) is 14.8 Å². The van der Waals surface area contributed by atoms with Crippen LogP contribution < -0.4 is 5.63 Å². The summed E-state index contributed by atoms with van der Waals surface area (Å²) in [6, 6.07) is 15.5. The monoisotopic (exact) mass is 441 g/mol. The van der Waals surface area contributed by atoms with E-state index in [9.17, 15) is 4.79 Å². The van der Waals surface area contributed by atoms with Crippen LogP contribution in [0.15, 0.2) is 67.4 Å². The van der Waals surface area contributed by atoms with Crippen LogP contribution in [-0.2, 0) is 5.75 Å². The molecule has 0 atom stereocenters. The number of thioether (sulfide) groups is 1. The third-order valence-corrected chi connectivity index (χ3v) is 5.71. The largest absolute Gasteiger partial charge is 0.423 e. The van der Waals surface area contributed by atoms with Crippen LogP contribution in [0.5, 0.6) is 0 Å². The molecule has 0 bridgehead atoms. The fourth-order valence-electron chi connectivity index (χ4n) is 2.89. The summed E-state index contributed by atoms with van der Waals surface area (Å²) in [4.78, 5) is 11.9. The van der Waals surface area contributed by atoms with Gasteiger partial charge in [-0.25, -0.2) is 4.79 Å². The summed E-state index contributed by atoms with van der Waals surface area (Å²) in [5.74, 6) is 1.41. The Bertz CT molecular complexity index is 1180. The lowest BCUT2D eigenvalue weighted by Crippen LogP contribution is -2.01. The van der Waals surface area contributed by atoms with Crippen LogP contribution in [0.3, 0.4) is 0 Å². The van der Waals surface area contributed by atoms with Gasteiger partial charge in [0.1, 0.15) is 11.4 Å². The molecule has 0 aliphatic heterocycles. The summed E-state index contributed by atoms with van der Waals surface area (Å²) in [6.45, 7) is 3.99. The Kier molecular flexibility index (Phi) is 4.88. The quantitative estimate of drug-likeness (QED) is 0.327. The van der Waals surface area contributed by atoms with E-state index < -0.39 is 0 Å². The van der Waals surface area contributed by atoms with Gasteiger partial charge in [-0.15, -0.1) is 10.2 Å². The highest BCUT2D eigenvalue weighted by Crippen LogP contribution is 2.29. The number of aryl methyl sites for hydroxylation is 2. The minimum atomic E-state index is -0.354. The topological polar surface area (TPSA) is 60.9 Å². The summed E-state index contributed by atoms with van der Waals surface area (Å²) >= 11 is 4.96. The Morgan fingerprint density at radius 3 is 2.63 bits per heavy atom. The molecule has 0 aliphatic carbocycles. The molecule has 5 nitrogen and oxygen atoms in total. The number of rotatable bonds is 4. The zero-order valence-corrected chi connectivity index (χ0v) is 17.2. The van der Waals surface area contributed by atoms with E-state index in [1.165, 1.54) is 5.56 Å². The van der Waals surface area contributed by atoms with E-state index in [0.717, 1.165) is 32.1 Å². The second-order valence-corrected chi connectivity index (χ2v) is 8.08. The SMILES string of the molecule is Cc1ccc(-n2c(C)nnc2SCc2cc(=O)oc3cc(Br)ccc23)cc1. The lowest BCUT2D eigenvalue weighted by atomic mass is 10.1. The molecule has 0 radical (unpaired) electrons. The highest BCUT2D eigenvalue weighted by Gasteiger charge is 2.13. The van der Waals surface area contributed by atoms with E-state index in [4.69, 9.17) is 4.42 Å². The van der Waals surface area contributed by atoms with Crippen molar-refractivity contribution in [2.45, 2.75) is 24.8 Å². The molecule has 0 saturated carbocycles. The van der Waals surface area contributed by atoms with Crippen molar-refractivity contribution in [3.8, 4) is 5.69 Å². The molecule has 0 fully saturated rings. The van der Waals surface area contributed by atoms with Crippen molar-refractivity contribution in [2.24, 2.45) is 0 Å². The van der Waals surface area contributed by atoms with Gasteiger partial charge in [0.15, 0.2) is 5.16 Å². The van der Waals surface area contributed by atoms with Gasteiger partial charge in [0.25, 0.3) is 0 Å². The fraction of sp³-hybridized carbons (Fsp3) is 0.150. The number of nitrogens with zero attached hydrogens (tertiary/aromatic N) is 3. The lowest BCUT2D eigenvalue weighted by Gasteiger charge is -2.09. The van der Waals surface area contributed by atoms with Crippen molar-refractivity contribution < 1.29 is 4.42 Å². The van der Waals surface area contributed by atoms with Crippen molar-refractivity contribution in [1.29, 1.82) is 0 Å². The molecule has 2 aromatic heterocycles. The van der Waals surface area contributed by atoms with E-state index >= 15 is 0 Å². The highest BCUT2D eigenvalue weighted by molar-refractivity contribution is 9.10. The van der Waals surface area contributed by atoms with Gasteiger partial charge in [-0.05, 0) is 49.7 Å². The van der Waals surface area contributed by atoms with Crippen LogP contribution in [0.2, 0.25) is 0 Å². The van der Waals surface area contributed by atoms with Crippen LogP contribution in [-0.4, -0.2) is 14.8 Å².